The van der Waals surface area contributed by atoms with E-state index in [2.05, 4.69) is 16.0 Å². The maximum Gasteiger partial charge on any atom is 0.264 e. The van der Waals surface area contributed by atoms with Crippen molar-refractivity contribution in [2.75, 3.05) is 31.1 Å². The quantitative estimate of drug-likeness (QED) is 0.851. The van der Waals surface area contributed by atoms with Crippen LogP contribution in [0.2, 0.25) is 0 Å². The largest absolute Gasteiger partial charge is 0.352 e. The molecule has 2 aromatic rings. The van der Waals surface area contributed by atoms with Crippen LogP contribution in [0.15, 0.2) is 24.4 Å². The Bertz CT molecular complexity index is 750. The summed E-state index contributed by atoms with van der Waals surface area (Å²) in [4.78, 5) is 22.9. The molecule has 3 rings (SSSR count). The van der Waals surface area contributed by atoms with Gasteiger partial charge < -0.3 is 9.80 Å². The number of hydrogen-bond acceptors (Lipinski definition) is 5. The molecule has 1 saturated heterocycles. The number of rotatable bonds is 2. The Morgan fingerprint density at radius 2 is 2.04 bits per heavy atom. The number of amides is 1. The number of nitrogens with zero attached hydrogens (tertiary/aromatic N) is 4. The second-order valence-electron chi connectivity index (χ2n) is 5.62. The molecule has 0 spiro atoms. The van der Waals surface area contributed by atoms with E-state index in [4.69, 9.17) is 0 Å². The van der Waals surface area contributed by atoms with Gasteiger partial charge in [-0.1, -0.05) is 0 Å². The van der Waals surface area contributed by atoms with Gasteiger partial charge >= 0.3 is 0 Å². The van der Waals surface area contributed by atoms with Crippen LogP contribution in [0.1, 0.15) is 25.7 Å². The third kappa shape index (κ3) is 3.06. The van der Waals surface area contributed by atoms with Gasteiger partial charge in [0, 0.05) is 37.3 Å². The predicted octanol–water partition coefficient (Wildman–Crippen LogP) is 2.59. The molecule has 118 valence electrons. The average molecular weight is 326 g/mol. The fourth-order valence-corrected chi connectivity index (χ4v) is 3.69. The molecule has 3 heterocycles. The van der Waals surface area contributed by atoms with Crippen molar-refractivity contribution in [1.82, 2.24) is 9.88 Å². The molecule has 1 fully saturated rings. The van der Waals surface area contributed by atoms with Crippen molar-refractivity contribution in [3.8, 4) is 6.07 Å². The van der Waals surface area contributed by atoms with Crippen molar-refractivity contribution >= 4 is 23.1 Å². The monoisotopic (exact) mass is 326 g/mol. The molecule has 0 saturated carbocycles. The van der Waals surface area contributed by atoms with E-state index in [9.17, 15) is 10.1 Å². The van der Waals surface area contributed by atoms with Crippen molar-refractivity contribution in [3.05, 3.63) is 45.3 Å². The van der Waals surface area contributed by atoms with Crippen molar-refractivity contribution in [3.63, 3.8) is 0 Å². The van der Waals surface area contributed by atoms with Crippen LogP contribution in [0.25, 0.3) is 0 Å². The molecule has 0 atom stereocenters. The molecule has 6 heteroatoms. The topological polar surface area (TPSA) is 60.2 Å². The standard InChI is InChI=1S/C17H18N4OS/c1-12-10-15(23-13(12)2)17(22)21-8-6-20(7-9-21)16-14(11-18)4-3-5-19-16/h3-5,10H,6-9H2,1-2H3. The second kappa shape index (κ2) is 6.39. The Hall–Kier alpha value is -2.39. The number of nitriles is 1. The average Bonchev–Trinajstić information content (AvgIpc) is 2.93. The lowest BCUT2D eigenvalue weighted by Gasteiger charge is -2.35. The Morgan fingerprint density at radius 1 is 1.30 bits per heavy atom. The van der Waals surface area contributed by atoms with Crippen LogP contribution in [0.4, 0.5) is 5.82 Å². The van der Waals surface area contributed by atoms with Gasteiger partial charge in [-0.3, -0.25) is 4.79 Å². The number of pyridine rings is 1. The molecular weight excluding hydrogens is 308 g/mol. The lowest BCUT2D eigenvalue weighted by molar-refractivity contribution is 0.0751. The van der Waals surface area contributed by atoms with E-state index in [-0.39, 0.29) is 5.91 Å². The summed E-state index contributed by atoms with van der Waals surface area (Å²) in [5.41, 5.74) is 1.75. The van der Waals surface area contributed by atoms with E-state index in [1.165, 1.54) is 10.4 Å². The molecule has 1 aliphatic rings. The number of aromatic nitrogens is 1. The van der Waals surface area contributed by atoms with E-state index in [1.807, 2.05) is 24.8 Å². The molecule has 0 aromatic carbocycles. The molecule has 5 nitrogen and oxygen atoms in total. The summed E-state index contributed by atoms with van der Waals surface area (Å²) in [6.07, 6.45) is 1.70. The van der Waals surface area contributed by atoms with Gasteiger partial charge in [0.15, 0.2) is 0 Å². The second-order valence-corrected chi connectivity index (χ2v) is 6.87. The first-order valence-electron chi connectivity index (χ1n) is 7.56. The van der Waals surface area contributed by atoms with Gasteiger partial charge in [0.1, 0.15) is 11.9 Å². The first-order chi connectivity index (χ1) is 11.1. The maximum absolute atomic E-state index is 12.6. The molecule has 0 radical (unpaired) electrons. The van der Waals surface area contributed by atoms with E-state index >= 15 is 0 Å². The summed E-state index contributed by atoms with van der Waals surface area (Å²) in [5, 5.41) is 9.19. The highest BCUT2D eigenvalue weighted by molar-refractivity contribution is 7.14. The van der Waals surface area contributed by atoms with Crippen molar-refractivity contribution in [2.24, 2.45) is 0 Å². The number of anilines is 1. The first kappa shape index (κ1) is 15.5. The molecule has 0 N–H and O–H groups in total. The molecule has 23 heavy (non-hydrogen) atoms. The number of thiophene rings is 1. The minimum absolute atomic E-state index is 0.104. The van der Waals surface area contributed by atoms with Gasteiger partial charge in [-0.05, 0) is 37.6 Å². The van der Waals surface area contributed by atoms with E-state index in [0.29, 0.717) is 37.6 Å². The number of piperazine rings is 1. The number of aryl methyl sites for hydroxylation is 2. The lowest BCUT2D eigenvalue weighted by Crippen LogP contribution is -2.49. The van der Waals surface area contributed by atoms with Crippen LogP contribution in [-0.4, -0.2) is 42.0 Å². The highest BCUT2D eigenvalue weighted by Crippen LogP contribution is 2.23. The Labute approximate surface area is 139 Å². The van der Waals surface area contributed by atoms with E-state index in [0.717, 1.165) is 4.88 Å². The maximum atomic E-state index is 12.6. The van der Waals surface area contributed by atoms with Crippen LogP contribution in [-0.2, 0) is 0 Å². The SMILES string of the molecule is Cc1cc(C(=O)N2CCN(c3ncccc3C#N)CC2)sc1C. The van der Waals surface area contributed by atoms with Crippen LogP contribution < -0.4 is 4.90 Å². The molecule has 0 aliphatic carbocycles. The highest BCUT2D eigenvalue weighted by Gasteiger charge is 2.25. The number of carbonyl (C=O) groups excluding carboxylic acids is 1. The molecule has 0 bridgehead atoms. The fraction of sp³-hybridized carbons (Fsp3) is 0.353. The van der Waals surface area contributed by atoms with Gasteiger partial charge in [0.2, 0.25) is 0 Å². The summed E-state index contributed by atoms with van der Waals surface area (Å²) in [6.45, 7) is 6.76. The van der Waals surface area contributed by atoms with Gasteiger partial charge in [-0.15, -0.1) is 11.3 Å². The zero-order chi connectivity index (χ0) is 16.4. The van der Waals surface area contributed by atoms with Crippen LogP contribution in [0, 0.1) is 25.2 Å². The van der Waals surface area contributed by atoms with Crippen molar-refractivity contribution in [2.45, 2.75) is 13.8 Å². The Balaban J connectivity index is 1.69. The number of carbonyl (C=O) groups is 1. The Kier molecular flexibility index (Phi) is 4.30. The smallest absolute Gasteiger partial charge is 0.264 e. The van der Waals surface area contributed by atoms with Crippen LogP contribution >= 0.6 is 11.3 Å². The third-order valence-corrected chi connectivity index (χ3v) is 5.29. The minimum Gasteiger partial charge on any atom is -0.352 e. The predicted molar refractivity (Wildman–Crippen MR) is 90.9 cm³/mol. The highest BCUT2D eigenvalue weighted by atomic mass is 32.1. The van der Waals surface area contributed by atoms with Gasteiger partial charge in [-0.2, -0.15) is 5.26 Å². The van der Waals surface area contributed by atoms with Gasteiger partial charge in [-0.25, -0.2) is 4.98 Å². The fourth-order valence-electron chi connectivity index (χ4n) is 2.69. The van der Waals surface area contributed by atoms with Gasteiger partial charge in [0.25, 0.3) is 5.91 Å². The minimum atomic E-state index is 0.104. The van der Waals surface area contributed by atoms with Crippen molar-refractivity contribution in [1.29, 1.82) is 5.26 Å². The molecule has 1 aliphatic heterocycles. The van der Waals surface area contributed by atoms with E-state index < -0.39 is 0 Å². The Morgan fingerprint density at radius 3 is 2.65 bits per heavy atom. The lowest BCUT2D eigenvalue weighted by atomic mass is 10.2. The summed E-state index contributed by atoms with van der Waals surface area (Å²) in [5.74, 6) is 0.817. The van der Waals surface area contributed by atoms with Gasteiger partial charge in [0.05, 0.1) is 10.4 Å². The van der Waals surface area contributed by atoms with Crippen LogP contribution in [0.5, 0.6) is 0 Å². The van der Waals surface area contributed by atoms with Crippen molar-refractivity contribution < 1.29 is 4.79 Å². The third-order valence-electron chi connectivity index (χ3n) is 4.15. The zero-order valence-corrected chi connectivity index (χ0v) is 14.1. The molecular formula is C17H18N4OS. The van der Waals surface area contributed by atoms with E-state index in [1.54, 1.807) is 29.7 Å². The first-order valence-corrected chi connectivity index (χ1v) is 8.38. The summed E-state index contributed by atoms with van der Waals surface area (Å²) < 4.78 is 0. The normalized spacial score (nSPS) is 14.7. The number of hydrogen-bond donors (Lipinski definition) is 0. The summed E-state index contributed by atoms with van der Waals surface area (Å²) >= 11 is 1.56. The van der Waals surface area contributed by atoms with Crippen LogP contribution in [0.3, 0.4) is 0 Å². The molecule has 0 unspecified atom stereocenters. The molecule has 2 aromatic heterocycles. The zero-order valence-electron chi connectivity index (χ0n) is 13.2. The summed E-state index contributed by atoms with van der Waals surface area (Å²) in [6, 6.07) is 7.69. The summed E-state index contributed by atoms with van der Waals surface area (Å²) in [7, 11) is 0. The molecule has 1 amide bonds.